The van der Waals surface area contributed by atoms with Crippen molar-refractivity contribution in [2.45, 2.75) is 38.3 Å². The van der Waals surface area contributed by atoms with Crippen LogP contribution in [0.25, 0.3) is 0 Å². The van der Waals surface area contributed by atoms with Crippen molar-refractivity contribution in [3.05, 3.63) is 48.2 Å². The van der Waals surface area contributed by atoms with E-state index in [1.165, 1.54) is 0 Å². The summed E-state index contributed by atoms with van der Waals surface area (Å²) in [5, 5.41) is 17.2. The largest absolute Gasteiger partial charge is 0.490 e. The van der Waals surface area contributed by atoms with Crippen molar-refractivity contribution in [2.75, 3.05) is 25.0 Å². The molecule has 2 aliphatic heterocycles. The van der Waals surface area contributed by atoms with E-state index in [1.54, 1.807) is 12.4 Å². The fourth-order valence-corrected chi connectivity index (χ4v) is 3.90. The Balaban J connectivity index is 0.000000317. The molecule has 2 aromatic rings. The molecule has 2 aromatic heterocycles. The van der Waals surface area contributed by atoms with Crippen molar-refractivity contribution in [3.63, 3.8) is 0 Å². The Morgan fingerprint density at radius 3 is 2.15 bits per heavy atom. The van der Waals surface area contributed by atoms with Gasteiger partial charge in [-0.1, -0.05) is 0 Å². The number of carbonyl (C=O) groups is 3. The molecule has 16 heteroatoms. The molecule has 0 spiro atoms. The SMILES string of the molecule is Cc1ccc(CN2C[C@@H]3[C@@H](CC(=O)Nc4cccnc4)CO[C@@H]3C2)o1.O=C(O)C(F)(F)F.O=C(O)C(F)(F)F. The molecule has 4 rings (SSSR count). The van der Waals surface area contributed by atoms with Gasteiger partial charge in [0.25, 0.3) is 0 Å². The molecular weight excluding hydrogens is 544 g/mol. The predicted octanol–water partition coefficient (Wildman–Crippen LogP) is 3.73. The van der Waals surface area contributed by atoms with Crippen molar-refractivity contribution >= 4 is 23.5 Å². The van der Waals surface area contributed by atoms with Crippen LogP contribution in [0.2, 0.25) is 0 Å². The van der Waals surface area contributed by atoms with Gasteiger partial charge in [-0.05, 0) is 37.1 Å². The first-order chi connectivity index (χ1) is 18.1. The average molecular weight is 569 g/mol. The highest BCUT2D eigenvalue weighted by Crippen LogP contribution is 2.36. The van der Waals surface area contributed by atoms with Crippen LogP contribution in [-0.4, -0.2) is 76.1 Å². The van der Waals surface area contributed by atoms with E-state index in [9.17, 15) is 31.1 Å². The van der Waals surface area contributed by atoms with Gasteiger partial charge in [-0.3, -0.25) is 14.7 Å². The van der Waals surface area contributed by atoms with Gasteiger partial charge in [0.05, 0.1) is 31.1 Å². The van der Waals surface area contributed by atoms with Crippen LogP contribution in [0.15, 0.2) is 41.1 Å². The number of aromatic nitrogens is 1. The van der Waals surface area contributed by atoms with E-state index in [-0.39, 0.29) is 17.9 Å². The molecule has 4 heterocycles. The van der Waals surface area contributed by atoms with Crippen LogP contribution in [-0.2, 0) is 25.7 Å². The topological polar surface area (TPSA) is 142 Å². The smallest absolute Gasteiger partial charge is 0.475 e. The molecule has 0 aliphatic carbocycles. The maximum atomic E-state index is 12.3. The number of furan rings is 1. The summed E-state index contributed by atoms with van der Waals surface area (Å²) in [6, 6.07) is 7.69. The summed E-state index contributed by atoms with van der Waals surface area (Å²) in [6.07, 6.45) is -6.09. The molecule has 2 saturated heterocycles. The van der Waals surface area contributed by atoms with Crippen LogP contribution >= 0.6 is 0 Å². The quantitative estimate of drug-likeness (QED) is 0.459. The number of nitrogens with zero attached hydrogens (tertiary/aromatic N) is 2. The zero-order valence-electron chi connectivity index (χ0n) is 20.3. The summed E-state index contributed by atoms with van der Waals surface area (Å²) in [4.78, 5) is 36.5. The molecule has 39 heavy (non-hydrogen) atoms. The third-order valence-electron chi connectivity index (χ3n) is 5.57. The number of anilines is 1. The molecular formula is C23H25F6N3O7. The highest BCUT2D eigenvalue weighted by Gasteiger charge is 2.44. The Hall–Kier alpha value is -3.66. The molecule has 3 N–H and O–H groups in total. The minimum absolute atomic E-state index is 0.0300. The first-order valence-electron chi connectivity index (χ1n) is 11.3. The molecule has 2 aliphatic rings. The van der Waals surface area contributed by atoms with Gasteiger partial charge in [0.2, 0.25) is 5.91 Å². The van der Waals surface area contributed by atoms with E-state index in [1.807, 2.05) is 31.2 Å². The lowest BCUT2D eigenvalue weighted by Gasteiger charge is -2.18. The maximum Gasteiger partial charge on any atom is 0.490 e. The van der Waals surface area contributed by atoms with Crippen molar-refractivity contribution < 1.29 is 60.1 Å². The minimum atomic E-state index is -5.08. The highest BCUT2D eigenvalue weighted by molar-refractivity contribution is 5.90. The van der Waals surface area contributed by atoms with E-state index in [0.717, 1.165) is 36.8 Å². The van der Waals surface area contributed by atoms with Crippen molar-refractivity contribution in [3.8, 4) is 0 Å². The number of carboxylic acids is 2. The summed E-state index contributed by atoms with van der Waals surface area (Å²) in [5.74, 6) is -2.87. The van der Waals surface area contributed by atoms with Crippen LogP contribution < -0.4 is 5.32 Å². The summed E-state index contributed by atoms with van der Waals surface area (Å²) < 4.78 is 75.1. The van der Waals surface area contributed by atoms with Crippen LogP contribution in [0.4, 0.5) is 32.0 Å². The molecule has 2 fully saturated rings. The van der Waals surface area contributed by atoms with E-state index in [0.29, 0.717) is 18.9 Å². The van der Waals surface area contributed by atoms with Crippen LogP contribution in [0.5, 0.6) is 0 Å². The monoisotopic (exact) mass is 569 g/mol. The Bertz CT molecular complexity index is 1080. The number of hydrogen-bond donors (Lipinski definition) is 3. The van der Waals surface area contributed by atoms with Gasteiger partial charge in [0.1, 0.15) is 11.5 Å². The number of alkyl halides is 6. The average Bonchev–Trinajstić information content (AvgIpc) is 3.51. The van der Waals surface area contributed by atoms with Crippen LogP contribution in [0.3, 0.4) is 0 Å². The maximum absolute atomic E-state index is 12.3. The second-order valence-electron chi connectivity index (χ2n) is 8.60. The molecule has 3 atom stereocenters. The number of fused-ring (bicyclic) bond motifs is 1. The standard InChI is InChI=1S/C19H23N3O3.2C2HF3O2/c1-13-4-5-16(25-13)9-22-10-17-14(12-24-18(17)11-22)7-19(23)21-15-3-2-6-20-8-15;2*3-2(4,5)1(6)7/h2-6,8,14,17-18H,7,9-12H2,1H3,(H,21,23);2*(H,6,7)/t14-,17+,18+;;/m0../s1. The lowest BCUT2D eigenvalue weighted by atomic mass is 9.90. The summed E-state index contributed by atoms with van der Waals surface area (Å²) >= 11 is 0. The number of hydrogen-bond acceptors (Lipinski definition) is 7. The minimum Gasteiger partial charge on any atom is -0.475 e. The fraction of sp³-hybridized carbons (Fsp3) is 0.478. The number of aryl methyl sites for hydroxylation is 1. The number of carbonyl (C=O) groups excluding carboxylic acids is 1. The lowest BCUT2D eigenvalue weighted by molar-refractivity contribution is -0.193. The zero-order valence-corrected chi connectivity index (χ0v) is 20.3. The number of ether oxygens (including phenoxy) is 1. The molecule has 10 nitrogen and oxygen atoms in total. The summed E-state index contributed by atoms with van der Waals surface area (Å²) in [6.45, 7) is 5.30. The molecule has 0 radical (unpaired) electrons. The summed E-state index contributed by atoms with van der Waals surface area (Å²) in [7, 11) is 0. The van der Waals surface area contributed by atoms with E-state index < -0.39 is 24.3 Å². The van der Waals surface area contributed by atoms with Crippen molar-refractivity contribution in [2.24, 2.45) is 11.8 Å². The van der Waals surface area contributed by atoms with Gasteiger partial charge in [0, 0.05) is 31.6 Å². The van der Waals surface area contributed by atoms with Gasteiger partial charge in [-0.15, -0.1) is 0 Å². The van der Waals surface area contributed by atoms with Gasteiger partial charge < -0.3 is 24.7 Å². The number of likely N-dealkylation sites (tertiary alicyclic amines) is 1. The third kappa shape index (κ3) is 10.6. The number of nitrogens with one attached hydrogen (secondary N) is 1. The van der Waals surface area contributed by atoms with Gasteiger partial charge in [0.15, 0.2) is 0 Å². The van der Waals surface area contributed by atoms with E-state index >= 15 is 0 Å². The molecule has 1 amide bonds. The zero-order chi connectivity index (χ0) is 29.4. The first-order valence-corrected chi connectivity index (χ1v) is 11.3. The second kappa shape index (κ2) is 13.4. The number of halogens is 6. The summed E-state index contributed by atoms with van der Waals surface area (Å²) in [5.41, 5.74) is 0.740. The number of pyridine rings is 1. The number of aliphatic carboxylic acids is 2. The van der Waals surface area contributed by atoms with Gasteiger partial charge in [-0.2, -0.15) is 26.3 Å². The Morgan fingerprint density at radius 2 is 1.67 bits per heavy atom. The number of carboxylic acid groups (broad SMARTS) is 2. The fourth-order valence-electron chi connectivity index (χ4n) is 3.90. The van der Waals surface area contributed by atoms with Crippen molar-refractivity contribution in [1.82, 2.24) is 9.88 Å². The number of rotatable bonds is 5. The molecule has 0 unspecified atom stereocenters. The molecule has 216 valence electrons. The normalized spacial score (nSPS) is 20.6. The third-order valence-corrected chi connectivity index (χ3v) is 5.57. The number of amides is 1. The predicted molar refractivity (Wildman–Crippen MR) is 120 cm³/mol. The Labute approximate surface area is 217 Å². The Morgan fingerprint density at radius 1 is 1.05 bits per heavy atom. The molecule has 0 aromatic carbocycles. The van der Waals surface area contributed by atoms with Crippen LogP contribution in [0, 0.1) is 18.8 Å². The first kappa shape index (κ1) is 31.6. The van der Waals surface area contributed by atoms with Crippen molar-refractivity contribution in [1.29, 1.82) is 0 Å². The van der Waals surface area contributed by atoms with E-state index in [2.05, 4.69) is 15.2 Å². The molecule has 0 saturated carbocycles. The van der Waals surface area contributed by atoms with Crippen LogP contribution in [0.1, 0.15) is 17.9 Å². The van der Waals surface area contributed by atoms with Gasteiger partial charge >= 0.3 is 24.3 Å². The molecule has 0 bridgehead atoms. The van der Waals surface area contributed by atoms with E-state index in [4.69, 9.17) is 29.0 Å². The lowest BCUT2D eigenvalue weighted by Crippen LogP contribution is -2.26. The Kier molecular flexibility index (Phi) is 10.9. The van der Waals surface area contributed by atoms with Gasteiger partial charge in [-0.25, -0.2) is 9.59 Å². The highest BCUT2D eigenvalue weighted by atomic mass is 19.4. The second-order valence-corrected chi connectivity index (χ2v) is 8.60.